The molecule has 10 nitrogen and oxygen atoms in total. The van der Waals surface area contributed by atoms with Crippen LogP contribution in [0.15, 0.2) is 24.3 Å². The first-order chi connectivity index (χ1) is 11.5. The number of benzene rings is 1. The topological polar surface area (TPSA) is 137 Å². The Labute approximate surface area is 136 Å². The second-order valence-corrected chi connectivity index (χ2v) is 4.92. The lowest BCUT2D eigenvalue weighted by atomic mass is 10.2. The number of rotatable bonds is 5. The molecule has 0 spiro atoms. The third-order valence-corrected chi connectivity index (χ3v) is 3.19. The molecule has 10 heteroatoms. The number of carbonyl (C=O) groups excluding carboxylic acids is 3. The van der Waals surface area contributed by atoms with Crippen molar-refractivity contribution >= 4 is 23.5 Å². The van der Waals surface area contributed by atoms with Crippen LogP contribution >= 0.6 is 0 Å². The highest BCUT2D eigenvalue weighted by Gasteiger charge is 2.25. The third-order valence-electron chi connectivity index (χ3n) is 3.19. The number of nitro groups is 1. The summed E-state index contributed by atoms with van der Waals surface area (Å²) in [5, 5.41) is 10.5. The molecular formula is C14H15N3O7. The summed E-state index contributed by atoms with van der Waals surface area (Å²) in [4.78, 5) is 44.7. The molecule has 0 saturated carbocycles. The summed E-state index contributed by atoms with van der Waals surface area (Å²) in [5.41, 5.74) is 4.15. The van der Waals surface area contributed by atoms with Gasteiger partial charge in [-0.1, -0.05) is 0 Å². The van der Waals surface area contributed by atoms with Crippen molar-refractivity contribution in [2.24, 2.45) is 0 Å². The molecule has 2 amide bonds. The molecule has 1 aromatic carbocycles. The number of carbonyl (C=O) groups is 3. The maximum atomic E-state index is 11.8. The number of ether oxygens (including phenoxy) is 2. The number of nitrogens with zero attached hydrogens (tertiary/aromatic N) is 1. The molecule has 1 saturated heterocycles. The molecule has 1 aliphatic heterocycles. The van der Waals surface area contributed by atoms with E-state index in [4.69, 9.17) is 9.47 Å². The fraction of sp³-hybridized carbons (Fsp3) is 0.357. The molecule has 24 heavy (non-hydrogen) atoms. The summed E-state index contributed by atoms with van der Waals surface area (Å²) >= 11 is 0. The quantitative estimate of drug-likeness (QED) is 0.441. The SMILES string of the molecule is O=C(COC(=O)[C@@H]1CCCO1)NNC(=O)c1ccc([N+](=O)[O-])cc1. The van der Waals surface area contributed by atoms with Crippen LogP contribution in [0.2, 0.25) is 0 Å². The van der Waals surface area contributed by atoms with Crippen LogP contribution < -0.4 is 10.9 Å². The predicted octanol–water partition coefficient (Wildman–Crippen LogP) is 0.0780. The van der Waals surface area contributed by atoms with Crippen LogP contribution in [0.1, 0.15) is 23.2 Å². The van der Waals surface area contributed by atoms with E-state index >= 15 is 0 Å². The largest absolute Gasteiger partial charge is 0.454 e. The van der Waals surface area contributed by atoms with E-state index in [0.29, 0.717) is 13.0 Å². The molecule has 2 rings (SSSR count). The van der Waals surface area contributed by atoms with E-state index in [1.54, 1.807) is 0 Å². The number of nitro benzene ring substituents is 1. The van der Waals surface area contributed by atoms with Gasteiger partial charge in [-0.05, 0) is 25.0 Å². The Morgan fingerprint density at radius 1 is 1.25 bits per heavy atom. The second kappa shape index (κ2) is 8.02. The highest BCUT2D eigenvalue weighted by molar-refractivity contribution is 5.95. The minimum absolute atomic E-state index is 0.122. The second-order valence-electron chi connectivity index (χ2n) is 4.92. The molecule has 1 heterocycles. The van der Waals surface area contributed by atoms with Gasteiger partial charge in [0, 0.05) is 24.3 Å². The van der Waals surface area contributed by atoms with E-state index in [2.05, 4.69) is 10.9 Å². The van der Waals surface area contributed by atoms with Crippen LogP contribution in [0.5, 0.6) is 0 Å². The minimum Gasteiger partial charge on any atom is -0.454 e. The van der Waals surface area contributed by atoms with Gasteiger partial charge in [0.15, 0.2) is 12.7 Å². The van der Waals surface area contributed by atoms with Gasteiger partial charge in [-0.15, -0.1) is 0 Å². The Morgan fingerprint density at radius 2 is 1.96 bits per heavy atom. The summed E-state index contributed by atoms with van der Waals surface area (Å²) < 4.78 is 9.87. The van der Waals surface area contributed by atoms with Gasteiger partial charge in [0.1, 0.15) is 0 Å². The first kappa shape index (κ1) is 17.3. The van der Waals surface area contributed by atoms with Gasteiger partial charge in [0.2, 0.25) is 0 Å². The van der Waals surface area contributed by atoms with E-state index < -0.39 is 35.4 Å². The van der Waals surface area contributed by atoms with Gasteiger partial charge in [0.05, 0.1) is 4.92 Å². The lowest BCUT2D eigenvalue weighted by Gasteiger charge is -2.10. The Kier molecular flexibility index (Phi) is 5.79. The number of hydrazine groups is 1. The van der Waals surface area contributed by atoms with Crippen molar-refractivity contribution in [3.63, 3.8) is 0 Å². The highest BCUT2D eigenvalue weighted by atomic mass is 16.6. The summed E-state index contributed by atoms with van der Waals surface area (Å²) in [6.45, 7) is -0.0729. The first-order valence-electron chi connectivity index (χ1n) is 7.09. The Bertz CT molecular complexity index is 638. The minimum atomic E-state index is -0.725. The third kappa shape index (κ3) is 4.74. The van der Waals surface area contributed by atoms with Crippen LogP contribution in [-0.4, -0.2) is 42.0 Å². The average molecular weight is 337 g/mol. The standard InChI is InChI=1S/C14H15N3O7/c18-12(8-24-14(20)11-2-1-7-23-11)15-16-13(19)9-3-5-10(6-4-9)17(21)22/h3-6,11H,1-2,7-8H2,(H,15,18)(H,16,19)/t11-/m0/s1. The zero-order chi connectivity index (χ0) is 17.5. The maximum absolute atomic E-state index is 11.8. The van der Waals surface area contributed by atoms with Gasteiger partial charge in [0.25, 0.3) is 17.5 Å². The number of non-ortho nitro benzene ring substituents is 1. The summed E-state index contributed by atoms with van der Waals surface area (Å²) in [7, 11) is 0. The predicted molar refractivity (Wildman–Crippen MR) is 78.6 cm³/mol. The molecule has 0 unspecified atom stereocenters. The number of hydrogen-bond acceptors (Lipinski definition) is 7. The molecule has 1 fully saturated rings. The normalized spacial score (nSPS) is 16.2. The van der Waals surface area contributed by atoms with E-state index in [-0.39, 0.29) is 11.3 Å². The zero-order valence-corrected chi connectivity index (χ0v) is 12.5. The molecule has 0 aromatic heterocycles. The smallest absolute Gasteiger partial charge is 0.335 e. The first-order valence-corrected chi connectivity index (χ1v) is 7.09. The molecular weight excluding hydrogens is 322 g/mol. The fourth-order valence-electron chi connectivity index (χ4n) is 1.96. The zero-order valence-electron chi connectivity index (χ0n) is 12.5. The van der Waals surface area contributed by atoms with Crippen LogP contribution in [0, 0.1) is 10.1 Å². The van der Waals surface area contributed by atoms with Gasteiger partial charge in [-0.25, -0.2) is 4.79 Å². The lowest BCUT2D eigenvalue weighted by molar-refractivity contribution is -0.384. The molecule has 2 N–H and O–H groups in total. The van der Waals surface area contributed by atoms with Crippen molar-refractivity contribution < 1.29 is 28.8 Å². The van der Waals surface area contributed by atoms with E-state index in [0.717, 1.165) is 6.42 Å². The number of amides is 2. The average Bonchev–Trinajstić information content (AvgIpc) is 3.12. The van der Waals surface area contributed by atoms with E-state index in [1.165, 1.54) is 24.3 Å². The van der Waals surface area contributed by atoms with Crippen molar-refractivity contribution in [1.29, 1.82) is 0 Å². The number of esters is 1. The highest BCUT2D eigenvalue weighted by Crippen LogP contribution is 2.13. The molecule has 1 atom stereocenters. The summed E-state index contributed by atoms with van der Waals surface area (Å²) in [5.74, 6) is -2.01. The Balaban J connectivity index is 1.73. The molecule has 1 aliphatic rings. The fourth-order valence-corrected chi connectivity index (χ4v) is 1.96. The summed E-state index contributed by atoms with van der Waals surface area (Å²) in [6, 6.07) is 4.83. The van der Waals surface area contributed by atoms with Crippen LogP contribution in [-0.2, 0) is 19.1 Å². The van der Waals surface area contributed by atoms with Gasteiger partial charge in [-0.2, -0.15) is 0 Å². The maximum Gasteiger partial charge on any atom is 0.335 e. The molecule has 1 aromatic rings. The number of nitrogens with one attached hydrogen (secondary N) is 2. The monoisotopic (exact) mass is 337 g/mol. The molecule has 128 valence electrons. The van der Waals surface area contributed by atoms with Crippen molar-refractivity contribution in [2.45, 2.75) is 18.9 Å². The van der Waals surface area contributed by atoms with Crippen LogP contribution in [0.4, 0.5) is 5.69 Å². The molecule has 0 aliphatic carbocycles. The van der Waals surface area contributed by atoms with Crippen molar-refractivity contribution in [2.75, 3.05) is 13.2 Å². The molecule has 0 bridgehead atoms. The lowest BCUT2D eigenvalue weighted by Crippen LogP contribution is -2.44. The van der Waals surface area contributed by atoms with Crippen LogP contribution in [0.25, 0.3) is 0 Å². The molecule has 0 radical (unpaired) electrons. The van der Waals surface area contributed by atoms with Gasteiger partial charge < -0.3 is 9.47 Å². The van der Waals surface area contributed by atoms with Crippen LogP contribution in [0.3, 0.4) is 0 Å². The Morgan fingerprint density at radius 3 is 2.54 bits per heavy atom. The van der Waals surface area contributed by atoms with E-state index in [9.17, 15) is 24.5 Å². The van der Waals surface area contributed by atoms with Crippen molar-refractivity contribution in [3.05, 3.63) is 39.9 Å². The van der Waals surface area contributed by atoms with Crippen molar-refractivity contribution in [1.82, 2.24) is 10.9 Å². The van der Waals surface area contributed by atoms with Gasteiger partial charge in [-0.3, -0.25) is 30.6 Å². The summed E-state index contributed by atoms with van der Waals surface area (Å²) in [6.07, 6.45) is 0.668. The van der Waals surface area contributed by atoms with Crippen molar-refractivity contribution in [3.8, 4) is 0 Å². The number of hydrogen-bond donors (Lipinski definition) is 2. The Hall–Kier alpha value is -3.01. The van der Waals surface area contributed by atoms with Gasteiger partial charge >= 0.3 is 5.97 Å². The van der Waals surface area contributed by atoms with E-state index in [1.807, 2.05) is 0 Å².